The number of hydrogen-bond donors (Lipinski definition) is 0. The normalized spacial score (nSPS) is 16.1. The summed E-state index contributed by atoms with van der Waals surface area (Å²) in [5.41, 5.74) is 2.66. The molecule has 0 saturated carbocycles. The van der Waals surface area contributed by atoms with Crippen LogP contribution < -0.4 is 4.74 Å². The first-order valence-electron chi connectivity index (χ1n) is 10.3. The number of aryl methyl sites for hydroxylation is 1. The van der Waals surface area contributed by atoms with Gasteiger partial charge >= 0.3 is 0 Å². The molecule has 0 radical (unpaired) electrons. The zero-order chi connectivity index (χ0) is 21.4. The summed E-state index contributed by atoms with van der Waals surface area (Å²) in [6.07, 6.45) is 0.888. The van der Waals surface area contributed by atoms with Gasteiger partial charge in [-0.15, -0.1) is 0 Å². The van der Waals surface area contributed by atoms with E-state index in [2.05, 4.69) is 15.6 Å². The Labute approximate surface area is 179 Å². The number of carbonyl (C=O) groups is 1. The van der Waals surface area contributed by atoms with Crippen LogP contribution in [0, 0.1) is 12.7 Å². The minimum atomic E-state index is -0.319. The Kier molecular flexibility index (Phi) is 4.90. The van der Waals surface area contributed by atoms with Crippen molar-refractivity contribution >= 4 is 16.9 Å². The van der Waals surface area contributed by atoms with Gasteiger partial charge in [0.1, 0.15) is 23.1 Å². The molecule has 1 atom stereocenters. The Morgan fingerprint density at radius 3 is 2.68 bits per heavy atom. The molecule has 1 saturated heterocycles. The van der Waals surface area contributed by atoms with Crippen LogP contribution >= 0.6 is 0 Å². The third-order valence-electron chi connectivity index (χ3n) is 5.72. The van der Waals surface area contributed by atoms with Crippen LogP contribution in [0.5, 0.6) is 11.5 Å². The average molecular weight is 415 g/mol. The van der Waals surface area contributed by atoms with Gasteiger partial charge in [0.05, 0.1) is 17.1 Å². The summed E-state index contributed by atoms with van der Waals surface area (Å²) < 4.78 is 21.1. The molecule has 6 heteroatoms. The van der Waals surface area contributed by atoms with E-state index >= 15 is 0 Å². The number of rotatable bonds is 4. The number of hydrogen-bond acceptors (Lipinski definition) is 3. The van der Waals surface area contributed by atoms with E-state index in [9.17, 15) is 9.18 Å². The third kappa shape index (κ3) is 3.77. The molecule has 5 rings (SSSR count). The number of amides is 1. The molecule has 1 aliphatic rings. The van der Waals surface area contributed by atoms with E-state index in [-0.39, 0.29) is 17.8 Å². The van der Waals surface area contributed by atoms with E-state index in [1.807, 2.05) is 30.0 Å². The van der Waals surface area contributed by atoms with Crippen molar-refractivity contribution < 1.29 is 13.9 Å². The molecule has 156 valence electrons. The number of benzene rings is 3. The molecule has 0 bridgehead atoms. The summed E-state index contributed by atoms with van der Waals surface area (Å²) in [5.74, 6) is 1.70. The second-order valence-corrected chi connectivity index (χ2v) is 7.80. The molecule has 0 aliphatic carbocycles. The van der Waals surface area contributed by atoms with Gasteiger partial charge in [0, 0.05) is 18.7 Å². The molecule has 4 aromatic rings. The van der Waals surface area contributed by atoms with E-state index in [1.165, 1.54) is 12.1 Å². The number of halogens is 1. The maximum absolute atomic E-state index is 13.2. The van der Waals surface area contributed by atoms with Gasteiger partial charge < -0.3 is 14.2 Å². The Hall–Kier alpha value is -3.67. The Bertz CT molecular complexity index is 1250. The van der Waals surface area contributed by atoms with Crippen LogP contribution in [-0.4, -0.2) is 33.4 Å². The molecule has 1 amide bonds. The summed E-state index contributed by atoms with van der Waals surface area (Å²) in [6, 6.07) is 21.2. The first kappa shape index (κ1) is 19.3. The maximum Gasteiger partial charge on any atom is 0.254 e. The lowest BCUT2D eigenvalue weighted by atomic mass is 10.2. The van der Waals surface area contributed by atoms with Gasteiger partial charge in [-0.1, -0.05) is 18.2 Å². The predicted octanol–water partition coefficient (Wildman–Crippen LogP) is 5.36. The number of ether oxygens (including phenoxy) is 1. The van der Waals surface area contributed by atoms with Gasteiger partial charge in [-0.05, 0) is 67.9 Å². The smallest absolute Gasteiger partial charge is 0.254 e. The van der Waals surface area contributed by atoms with Crippen LogP contribution in [0.1, 0.15) is 28.6 Å². The van der Waals surface area contributed by atoms with Gasteiger partial charge in [-0.2, -0.15) is 0 Å². The highest BCUT2D eigenvalue weighted by molar-refractivity contribution is 5.94. The number of carbonyl (C=O) groups excluding carboxylic acids is 1. The van der Waals surface area contributed by atoms with Crippen LogP contribution in [-0.2, 0) is 0 Å². The highest BCUT2D eigenvalue weighted by Gasteiger charge is 2.30. The molecule has 1 aliphatic heterocycles. The van der Waals surface area contributed by atoms with Crippen LogP contribution in [0.15, 0.2) is 72.8 Å². The lowest BCUT2D eigenvalue weighted by Gasteiger charge is -2.19. The summed E-state index contributed by atoms with van der Waals surface area (Å²) in [7, 11) is 0. The van der Waals surface area contributed by atoms with Gasteiger partial charge in [0.25, 0.3) is 5.91 Å². The van der Waals surface area contributed by atoms with Crippen molar-refractivity contribution in [2.24, 2.45) is 0 Å². The topological polar surface area (TPSA) is 47.4 Å². The minimum Gasteiger partial charge on any atom is -0.457 e. The summed E-state index contributed by atoms with van der Waals surface area (Å²) in [4.78, 5) is 19.7. The number of fused-ring (bicyclic) bond motifs is 1. The van der Waals surface area contributed by atoms with Gasteiger partial charge in [-0.25, -0.2) is 9.37 Å². The van der Waals surface area contributed by atoms with Crippen molar-refractivity contribution in [2.75, 3.05) is 13.1 Å². The quantitative estimate of drug-likeness (QED) is 0.451. The van der Waals surface area contributed by atoms with Crippen LogP contribution in [0.2, 0.25) is 0 Å². The molecule has 3 aromatic carbocycles. The summed E-state index contributed by atoms with van der Waals surface area (Å²) >= 11 is 0. The zero-order valence-electron chi connectivity index (χ0n) is 17.2. The van der Waals surface area contributed by atoms with E-state index in [4.69, 9.17) is 4.74 Å². The first-order chi connectivity index (χ1) is 15.1. The molecule has 5 nitrogen and oxygen atoms in total. The van der Waals surface area contributed by atoms with Gasteiger partial charge in [0.2, 0.25) is 0 Å². The van der Waals surface area contributed by atoms with E-state index < -0.39 is 0 Å². The highest BCUT2D eigenvalue weighted by atomic mass is 19.1. The van der Waals surface area contributed by atoms with Crippen LogP contribution in [0.25, 0.3) is 11.0 Å². The van der Waals surface area contributed by atoms with Gasteiger partial charge in [0.15, 0.2) is 0 Å². The second kappa shape index (κ2) is 7.87. The zero-order valence-corrected chi connectivity index (χ0v) is 17.2. The van der Waals surface area contributed by atoms with Crippen molar-refractivity contribution in [1.82, 2.24) is 14.5 Å². The van der Waals surface area contributed by atoms with Crippen molar-refractivity contribution in [1.29, 1.82) is 0 Å². The van der Waals surface area contributed by atoms with E-state index in [1.54, 1.807) is 36.4 Å². The summed E-state index contributed by atoms with van der Waals surface area (Å²) in [6.45, 7) is 3.35. The molecule has 1 fully saturated rings. The fraction of sp³-hybridized carbons (Fsp3) is 0.200. The second-order valence-electron chi connectivity index (χ2n) is 7.80. The molecule has 1 aromatic heterocycles. The van der Waals surface area contributed by atoms with Gasteiger partial charge in [-0.3, -0.25) is 4.79 Å². The minimum absolute atomic E-state index is 0.0193. The van der Waals surface area contributed by atoms with Crippen LogP contribution in [0.3, 0.4) is 0 Å². The van der Waals surface area contributed by atoms with E-state index in [0.29, 0.717) is 30.2 Å². The molecule has 31 heavy (non-hydrogen) atoms. The standard InChI is InChI=1S/C25H22FN3O2/c1-17-27-23-7-2-3-8-24(23)29(17)20-13-14-28(16-20)25(30)18-5-4-6-22(15-18)31-21-11-9-19(26)10-12-21/h2-12,15,20H,13-14,16H2,1H3/t20-/m0/s1. The maximum atomic E-state index is 13.2. The lowest BCUT2D eigenvalue weighted by Crippen LogP contribution is -2.29. The number of nitrogens with zero attached hydrogens (tertiary/aromatic N) is 3. The van der Waals surface area contributed by atoms with Crippen LogP contribution in [0.4, 0.5) is 4.39 Å². The number of imidazole rings is 1. The monoisotopic (exact) mass is 415 g/mol. The molecule has 0 spiro atoms. The number of likely N-dealkylation sites (tertiary alicyclic amines) is 1. The van der Waals surface area contributed by atoms with Crippen molar-refractivity contribution in [2.45, 2.75) is 19.4 Å². The van der Waals surface area contributed by atoms with Crippen molar-refractivity contribution in [3.05, 3.63) is 90.0 Å². The van der Waals surface area contributed by atoms with E-state index in [0.717, 1.165) is 23.3 Å². The van der Waals surface area contributed by atoms with Crippen molar-refractivity contribution in [3.8, 4) is 11.5 Å². The SMILES string of the molecule is Cc1nc2ccccc2n1[C@H]1CCN(C(=O)c2cccc(Oc3ccc(F)cc3)c2)C1. The highest BCUT2D eigenvalue weighted by Crippen LogP contribution is 2.29. The average Bonchev–Trinajstić information content (AvgIpc) is 3.38. The first-order valence-corrected chi connectivity index (χ1v) is 10.3. The fourth-order valence-corrected chi connectivity index (χ4v) is 4.28. The van der Waals surface area contributed by atoms with Crippen molar-refractivity contribution in [3.63, 3.8) is 0 Å². The molecular formula is C25H22FN3O2. The Morgan fingerprint density at radius 2 is 1.84 bits per heavy atom. The molecule has 2 heterocycles. The molecule has 0 N–H and O–H groups in total. The largest absolute Gasteiger partial charge is 0.457 e. The lowest BCUT2D eigenvalue weighted by molar-refractivity contribution is 0.0787. The Balaban J connectivity index is 1.33. The number of aromatic nitrogens is 2. The summed E-state index contributed by atoms with van der Waals surface area (Å²) in [5, 5.41) is 0. The number of para-hydroxylation sites is 2. The Morgan fingerprint density at radius 1 is 1.03 bits per heavy atom. The molecular weight excluding hydrogens is 393 g/mol. The predicted molar refractivity (Wildman–Crippen MR) is 117 cm³/mol. The third-order valence-corrected chi connectivity index (χ3v) is 5.72. The molecule has 0 unspecified atom stereocenters. The fourth-order valence-electron chi connectivity index (χ4n) is 4.28.